The third-order valence-electron chi connectivity index (χ3n) is 6.14. The quantitative estimate of drug-likeness (QED) is 0.867. The van der Waals surface area contributed by atoms with Crippen LogP contribution in [0.3, 0.4) is 0 Å². The van der Waals surface area contributed by atoms with Crippen LogP contribution in [-0.4, -0.2) is 63.0 Å². The summed E-state index contributed by atoms with van der Waals surface area (Å²) in [7, 11) is 0. The number of nitrogens with one attached hydrogen (secondary N) is 1. The molecule has 4 rings (SSSR count). The van der Waals surface area contributed by atoms with Gasteiger partial charge >= 0.3 is 0 Å². The molecule has 2 aliphatic heterocycles. The van der Waals surface area contributed by atoms with E-state index in [-0.39, 0.29) is 11.3 Å². The molecule has 3 fully saturated rings. The number of nitrogens with zero attached hydrogens (tertiary/aromatic N) is 4. The van der Waals surface area contributed by atoms with E-state index >= 15 is 0 Å². The lowest BCUT2D eigenvalue weighted by atomic mass is 9.73. The van der Waals surface area contributed by atoms with Gasteiger partial charge in [-0.15, -0.1) is 0 Å². The van der Waals surface area contributed by atoms with Crippen LogP contribution in [0, 0.1) is 18.3 Å². The van der Waals surface area contributed by atoms with Crippen molar-refractivity contribution in [3.05, 3.63) is 11.6 Å². The molecule has 3 heterocycles. The van der Waals surface area contributed by atoms with E-state index in [1.54, 1.807) is 0 Å². The molecule has 7 heteroatoms. The van der Waals surface area contributed by atoms with E-state index in [2.05, 4.69) is 20.1 Å². The number of piperidine rings is 2. The van der Waals surface area contributed by atoms with Crippen LogP contribution in [-0.2, 0) is 16.0 Å². The zero-order valence-corrected chi connectivity index (χ0v) is 15.7. The van der Waals surface area contributed by atoms with Crippen LogP contribution in [0.4, 0.5) is 0 Å². The number of hydrogen-bond acceptors (Lipinski definition) is 4. The van der Waals surface area contributed by atoms with E-state index < -0.39 is 0 Å². The molecular formula is C19H29N5O2. The number of carbonyl (C=O) groups is 2. The molecule has 0 aromatic carbocycles. The van der Waals surface area contributed by atoms with E-state index in [9.17, 15) is 9.59 Å². The second-order valence-electron chi connectivity index (χ2n) is 8.47. The zero-order valence-electron chi connectivity index (χ0n) is 15.7. The Balaban J connectivity index is 1.35. The van der Waals surface area contributed by atoms with Crippen molar-refractivity contribution in [2.75, 3.05) is 26.2 Å². The van der Waals surface area contributed by atoms with Gasteiger partial charge in [-0.25, -0.2) is 4.98 Å². The number of aromatic amines is 1. The molecule has 0 unspecified atom stereocenters. The number of likely N-dealkylation sites (tertiary alicyclic amines) is 2. The number of H-pyrrole nitrogens is 1. The van der Waals surface area contributed by atoms with Crippen molar-refractivity contribution in [2.24, 2.45) is 11.3 Å². The summed E-state index contributed by atoms with van der Waals surface area (Å²) in [5.41, 5.74) is 0.109. The van der Waals surface area contributed by atoms with Crippen LogP contribution in [0.25, 0.3) is 0 Å². The molecular weight excluding hydrogens is 330 g/mol. The first-order valence-corrected chi connectivity index (χ1v) is 9.96. The Labute approximate surface area is 154 Å². The molecule has 26 heavy (non-hydrogen) atoms. The highest BCUT2D eigenvalue weighted by atomic mass is 16.2. The summed E-state index contributed by atoms with van der Waals surface area (Å²) < 4.78 is 0. The first-order chi connectivity index (χ1) is 12.5. The number of carbonyl (C=O) groups excluding carboxylic acids is 2. The van der Waals surface area contributed by atoms with E-state index in [0.29, 0.717) is 31.0 Å². The van der Waals surface area contributed by atoms with Gasteiger partial charge in [-0.05, 0) is 44.9 Å². The fourth-order valence-corrected chi connectivity index (χ4v) is 4.51. The van der Waals surface area contributed by atoms with Crippen LogP contribution in [0.15, 0.2) is 0 Å². The van der Waals surface area contributed by atoms with Gasteiger partial charge in [-0.3, -0.25) is 14.7 Å². The average Bonchev–Trinajstić information content (AvgIpc) is 3.35. The lowest BCUT2D eigenvalue weighted by Gasteiger charge is -2.48. The standard InChI is InChI=1S/C19H29N5O2/c1-14-20-16(22-21-14)5-6-17(25)23-10-2-8-19(12-23)9-7-18(26)24(13-19)11-15-3-4-15/h15H,2-13H2,1H3,(H,20,21,22)/t19-/m0/s1. The van der Waals surface area contributed by atoms with Gasteiger partial charge in [0, 0.05) is 50.9 Å². The Bertz CT molecular complexity index is 683. The van der Waals surface area contributed by atoms with Gasteiger partial charge in [0.05, 0.1) is 0 Å². The minimum absolute atomic E-state index is 0.109. The molecule has 0 radical (unpaired) electrons. The van der Waals surface area contributed by atoms with Crippen LogP contribution in [0.2, 0.25) is 0 Å². The maximum Gasteiger partial charge on any atom is 0.223 e. The molecule has 1 spiro atoms. The smallest absolute Gasteiger partial charge is 0.223 e. The molecule has 1 aromatic rings. The van der Waals surface area contributed by atoms with Crippen LogP contribution in [0.1, 0.15) is 56.6 Å². The summed E-state index contributed by atoms with van der Waals surface area (Å²) in [6, 6.07) is 0. The first-order valence-electron chi connectivity index (χ1n) is 9.96. The van der Waals surface area contributed by atoms with Crippen LogP contribution < -0.4 is 0 Å². The molecule has 1 saturated carbocycles. The third-order valence-corrected chi connectivity index (χ3v) is 6.14. The Morgan fingerprint density at radius 1 is 1.31 bits per heavy atom. The highest BCUT2D eigenvalue weighted by Crippen LogP contribution is 2.40. The Kier molecular flexibility index (Phi) is 4.71. The number of hydrogen-bond donors (Lipinski definition) is 1. The summed E-state index contributed by atoms with van der Waals surface area (Å²) in [5.74, 6) is 2.72. The minimum atomic E-state index is 0.109. The largest absolute Gasteiger partial charge is 0.342 e. The topological polar surface area (TPSA) is 82.2 Å². The predicted octanol–water partition coefficient (Wildman–Crippen LogP) is 1.69. The number of amides is 2. The minimum Gasteiger partial charge on any atom is -0.342 e. The van der Waals surface area contributed by atoms with Gasteiger partial charge < -0.3 is 9.80 Å². The highest BCUT2D eigenvalue weighted by Gasteiger charge is 2.43. The molecule has 0 bridgehead atoms. The molecule has 7 nitrogen and oxygen atoms in total. The van der Waals surface area contributed by atoms with Crippen molar-refractivity contribution in [3.63, 3.8) is 0 Å². The first kappa shape index (κ1) is 17.5. The summed E-state index contributed by atoms with van der Waals surface area (Å²) in [5, 5.41) is 6.94. The zero-order chi connectivity index (χ0) is 18.1. The lowest BCUT2D eigenvalue weighted by Crippen LogP contribution is -2.55. The van der Waals surface area contributed by atoms with E-state index in [0.717, 1.165) is 57.2 Å². The Morgan fingerprint density at radius 2 is 2.15 bits per heavy atom. The molecule has 2 amide bonds. The van der Waals surface area contributed by atoms with Crippen molar-refractivity contribution in [3.8, 4) is 0 Å². The third kappa shape index (κ3) is 3.91. The van der Waals surface area contributed by atoms with Gasteiger partial charge in [0.25, 0.3) is 0 Å². The summed E-state index contributed by atoms with van der Waals surface area (Å²) in [6.07, 6.45) is 7.31. The lowest BCUT2D eigenvalue weighted by molar-refractivity contribution is -0.143. The Morgan fingerprint density at radius 3 is 2.88 bits per heavy atom. The molecule has 1 aromatic heterocycles. The van der Waals surface area contributed by atoms with Crippen molar-refractivity contribution in [1.82, 2.24) is 25.0 Å². The number of rotatable bonds is 5. The molecule has 142 valence electrons. The van der Waals surface area contributed by atoms with Gasteiger partial charge in [0.2, 0.25) is 11.8 Å². The summed E-state index contributed by atoms with van der Waals surface area (Å²) in [6.45, 7) is 5.27. The second kappa shape index (κ2) is 7.00. The van der Waals surface area contributed by atoms with E-state index in [4.69, 9.17) is 0 Å². The average molecular weight is 359 g/mol. The Hall–Kier alpha value is -1.92. The number of aryl methyl sites for hydroxylation is 2. The van der Waals surface area contributed by atoms with Gasteiger partial charge in [-0.2, -0.15) is 5.10 Å². The molecule has 1 atom stereocenters. The normalized spacial score (nSPS) is 26.6. The predicted molar refractivity (Wildman–Crippen MR) is 96.2 cm³/mol. The second-order valence-corrected chi connectivity index (χ2v) is 8.47. The molecule has 1 N–H and O–H groups in total. The maximum atomic E-state index is 12.7. The van der Waals surface area contributed by atoms with Gasteiger partial charge in [0.1, 0.15) is 5.82 Å². The monoisotopic (exact) mass is 359 g/mol. The molecule has 2 saturated heterocycles. The van der Waals surface area contributed by atoms with E-state index in [1.807, 2.05) is 11.8 Å². The van der Waals surface area contributed by atoms with Crippen LogP contribution in [0.5, 0.6) is 0 Å². The molecule has 1 aliphatic carbocycles. The number of aromatic nitrogens is 3. The van der Waals surface area contributed by atoms with Crippen molar-refractivity contribution < 1.29 is 9.59 Å². The maximum absolute atomic E-state index is 12.7. The van der Waals surface area contributed by atoms with Gasteiger partial charge in [-0.1, -0.05) is 0 Å². The van der Waals surface area contributed by atoms with Crippen molar-refractivity contribution in [1.29, 1.82) is 0 Å². The fraction of sp³-hybridized carbons (Fsp3) is 0.789. The fourth-order valence-electron chi connectivity index (χ4n) is 4.51. The summed E-state index contributed by atoms with van der Waals surface area (Å²) >= 11 is 0. The van der Waals surface area contributed by atoms with Crippen molar-refractivity contribution in [2.45, 2.75) is 58.3 Å². The van der Waals surface area contributed by atoms with Crippen LogP contribution >= 0.6 is 0 Å². The molecule has 3 aliphatic rings. The highest BCUT2D eigenvalue weighted by molar-refractivity contribution is 5.78. The summed E-state index contributed by atoms with van der Waals surface area (Å²) in [4.78, 5) is 33.4. The van der Waals surface area contributed by atoms with Crippen molar-refractivity contribution >= 4 is 11.8 Å². The SMILES string of the molecule is Cc1nc(CCC(=O)N2CCC[C@]3(CCC(=O)N(CC4CC4)C3)C2)n[nH]1. The van der Waals surface area contributed by atoms with Gasteiger partial charge in [0.15, 0.2) is 5.82 Å². The van der Waals surface area contributed by atoms with E-state index in [1.165, 1.54) is 12.8 Å².